The lowest BCUT2D eigenvalue weighted by Gasteiger charge is -2.41. The number of fused-ring (bicyclic) bond motifs is 3. The Balaban J connectivity index is 1.76. The lowest BCUT2D eigenvalue weighted by Crippen LogP contribution is -2.54. The first kappa shape index (κ1) is 22.4. The molecular weight excluding hydrogens is 406 g/mol. The van der Waals surface area contributed by atoms with Crippen LogP contribution >= 0.6 is 0 Å². The molecule has 5 atom stereocenters. The quantitative estimate of drug-likeness (QED) is 0.531. The van der Waals surface area contributed by atoms with Crippen molar-refractivity contribution in [3.63, 3.8) is 0 Å². The van der Waals surface area contributed by atoms with Crippen LogP contribution in [0.2, 0.25) is 0 Å². The summed E-state index contributed by atoms with van der Waals surface area (Å²) in [6.07, 6.45) is 5.79. The molecule has 0 radical (unpaired) electrons. The van der Waals surface area contributed by atoms with Gasteiger partial charge in [-0.05, 0) is 51.8 Å². The molecule has 0 aromatic heterocycles. The van der Waals surface area contributed by atoms with E-state index in [2.05, 4.69) is 36.7 Å². The average Bonchev–Trinajstić information content (AvgIpc) is 3.35. The molecule has 0 aliphatic carbocycles. The molecule has 3 aliphatic heterocycles. The standard InChI is InChI=1S/C26H31NO5/c1-16-13-19(9-7-18-8-11-22(30-5)23(14-18)31-6)20-15-25(28)32-26(20,3)24-12-10-21(27(16)24)17(2)29-4/h8,11,13-17,21,24H,10,12H2,1-6H3/t16-,17?,21?,24+,26-/m0/s1. The second-order valence-electron chi connectivity index (χ2n) is 8.78. The molecule has 6 nitrogen and oxygen atoms in total. The fourth-order valence-corrected chi connectivity index (χ4v) is 5.36. The van der Waals surface area contributed by atoms with Crippen molar-refractivity contribution in [2.24, 2.45) is 0 Å². The molecule has 0 N–H and O–H groups in total. The third-order valence-electron chi connectivity index (χ3n) is 7.03. The predicted molar refractivity (Wildman–Crippen MR) is 122 cm³/mol. The summed E-state index contributed by atoms with van der Waals surface area (Å²) in [6.45, 7) is 6.30. The number of carbonyl (C=O) groups excluding carboxylic acids is 1. The van der Waals surface area contributed by atoms with Gasteiger partial charge >= 0.3 is 5.97 Å². The van der Waals surface area contributed by atoms with E-state index >= 15 is 0 Å². The average molecular weight is 438 g/mol. The molecular formula is C26H31NO5. The van der Waals surface area contributed by atoms with Gasteiger partial charge in [-0.3, -0.25) is 4.90 Å². The van der Waals surface area contributed by atoms with Crippen LogP contribution in [0.1, 0.15) is 39.2 Å². The zero-order valence-electron chi connectivity index (χ0n) is 19.6. The van der Waals surface area contributed by atoms with E-state index in [1.165, 1.54) is 0 Å². The highest BCUT2D eigenvalue weighted by atomic mass is 16.6. The topological polar surface area (TPSA) is 57.2 Å². The first-order chi connectivity index (χ1) is 15.3. The fraction of sp³-hybridized carbons (Fsp3) is 0.500. The second-order valence-corrected chi connectivity index (χ2v) is 8.78. The largest absolute Gasteiger partial charge is 0.493 e. The molecule has 4 rings (SSSR count). The normalized spacial score (nSPS) is 30.1. The minimum atomic E-state index is -0.734. The van der Waals surface area contributed by atoms with Gasteiger partial charge in [-0.2, -0.15) is 0 Å². The van der Waals surface area contributed by atoms with Crippen molar-refractivity contribution in [3.05, 3.63) is 47.1 Å². The number of carbonyl (C=O) groups is 1. The first-order valence-corrected chi connectivity index (χ1v) is 11.0. The smallest absolute Gasteiger partial charge is 0.332 e. The summed E-state index contributed by atoms with van der Waals surface area (Å²) in [5.41, 5.74) is 1.76. The van der Waals surface area contributed by atoms with Gasteiger partial charge in [0.25, 0.3) is 0 Å². The van der Waals surface area contributed by atoms with Gasteiger partial charge in [-0.1, -0.05) is 17.9 Å². The van der Waals surface area contributed by atoms with E-state index < -0.39 is 5.60 Å². The molecule has 0 amide bonds. The Kier molecular flexibility index (Phi) is 6.07. The minimum Gasteiger partial charge on any atom is -0.493 e. The number of rotatable bonds is 4. The van der Waals surface area contributed by atoms with E-state index in [4.69, 9.17) is 18.9 Å². The highest BCUT2D eigenvalue weighted by molar-refractivity contribution is 5.89. The van der Waals surface area contributed by atoms with Gasteiger partial charge in [0.05, 0.1) is 26.4 Å². The summed E-state index contributed by atoms with van der Waals surface area (Å²) < 4.78 is 22.3. The molecule has 1 aromatic rings. The Morgan fingerprint density at radius 2 is 1.91 bits per heavy atom. The molecule has 3 aliphatic rings. The van der Waals surface area contributed by atoms with Crippen LogP contribution in [0.25, 0.3) is 0 Å². The summed E-state index contributed by atoms with van der Waals surface area (Å²) in [5, 5.41) is 0. The van der Waals surface area contributed by atoms with Crippen LogP contribution in [0.4, 0.5) is 0 Å². The Morgan fingerprint density at radius 1 is 1.16 bits per heavy atom. The molecule has 170 valence electrons. The van der Waals surface area contributed by atoms with Crippen LogP contribution < -0.4 is 9.47 Å². The van der Waals surface area contributed by atoms with Crippen LogP contribution in [0.5, 0.6) is 11.5 Å². The Morgan fingerprint density at radius 3 is 2.59 bits per heavy atom. The number of hydrogen-bond acceptors (Lipinski definition) is 6. The van der Waals surface area contributed by atoms with Gasteiger partial charge in [0.1, 0.15) is 0 Å². The maximum absolute atomic E-state index is 12.4. The molecule has 6 heteroatoms. The Hall–Kier alpha value is -2.75. The van der Waals surface area contributed by atoms with Gasteiger partial charge in [-0.15, -0.1) is 0 Å². The predicted octanol–water partition coefficient (Wildman–Crippen LogP) is 3.49. The van der Waals surface area contributed by atoms with Crippen LogP contribution in [0.3, 0.4) is 0 Å². The summed E-state index contributed by atoms with van der Waals surface area (Å²) in [4.78, 5) is 14.8. The molecule has 1 fully saturated rings. The van der Waals surface area contributed by atoms with Crippen LogP contribution in [-0.4, -0.2) is 62.0 Å². The number of nitrogens with zero attached hydrogens (tertiary/aromatic N) is 1. The maximum atomic E-state index is 12.4. The third kappa shape index (κ3) is 3.70. The van der Waals surface area contributed by atoms with Gasteiger partial charge in [-0.25, -0.2) is 4.79 Å². The molecule has 32 heavy (non-hydrogen) atoms. The van der Waals surface area contributed by atoms with E-state index in [9.17, 15) is 4.79 Å². The van der Waals surface area contributed by atoms with E-state index in [0.717, 1.165) is 29.6 Å². The molecule has 0 bridgehead atoms. The molecule has 3 heterocycles. The highest BCUT2D eigenvalue weighted by Gasteiger charge is 2.55. The van der Waals surface area contributed by atoms with Crippen molar-refractivity contribution in [2.45, 2.75) is 63.4 Å². The Labute approximate surface area is 190 Å². The number of methoxy groups -OCH3 is 3. The molecule has 0 saturated carbocycles. The van der Waals surface area contributed by atoms with Gasteiger partial charge in [0, 0.05) is 42.0 Å². The van der Waals surface area contributed by atoms with Crippen LogP contribution in [-0.2, 0) is 14.3 Å². The maximum Gasteiger partial charge on any atom is 0.332 e. The molecule has 0 spiro atoms. The zero-order chi connectivity index (χ0) is 23.0. The number of esters is 1. The van der Waals surface area contributed by atoms with E-state index in [1.54, 1.807) is 27.4 Å². The second kappa shape index (κ2) is 8.65. The Bertz CT molecular complexity index is 1030. The van der Waals surface area contributed by atoms with E-state index in [-0.39, 0.29) is 30.2 Å². The van der Waals surface area contributed by atoms with Crippen molar-refractivity contribution in [2.75, 3.05) is 21.3 Å². The SMILES string of the molecule is COc1ccc(C#CC2=C[C@H](C)N3C(C(C)OC)CC[C@@H]3[C@@]3(C)OC(=O)C=C23)cc1OC. The highest BCUT2D eigenvalue weighted by Crippen LogP contribution is 2.47. The van der Waals surface area contributed by atoms with E-state index in [1.807, 2.05) is 25.1 Å². The third-order valence-corrected chi connectivity index (χ3v) is 7.03. The lowest BCUT2D eigenvalue weighted by atomic mass is 9.84. The lowest BCUT2D eigenvalue weighted by molar-refractivity contribution is -0.150. The molecule has 1 saturated heterocycles. The van der Waals surface area contributed by atoms with Crippen LogP contribution in [0.15, 0.2) is 41.5 Å². The van der Waals surface area contributed by atoms with Gasteiger partial charge in [0.2, 0.25) is 0 Å². The van der Waals surface area contributed by atoms with Crippen molar-refractivity contribution in [1.82, 2.24) is 4.90 Å². The van der Waals surface area contributed by atoms with Gasteiger partial charge in [0.15, 0.2) is 17.1 Å². The number of ether oxygens (including phenoxy) is 4. The minimum absolute atomic E-state index is 0.0782. The van der Waals surface area contributed by atoms with E-state index in [0.29, 0.717) is 11.5 Å². The van der Waals surface area contributed by atoms with Crippen LogP contribution in [0, 0.1) is 11.8 Å². The number of hydrogen-bond donors (Lipinski definition) is 0. The summed E-state index contributed by atoms with van der Waals surface area (Å²) >= 11 is 0. The monoisotopic (exact) mass is 437 g/mol. The van der Waals surface area contributed by atoms with Crippen molar-refractivity contribution < 1.29 is 23.7 Å². The zero-order valence-corrected chi connectivity index (χ0v) is 19.6. The van der Waals surface area contributed by atoms with Crippen molar-refractivity contribution >= 4 is 5.97 Å². The van der Waals surface area contributed by atoms with Gasteiger partial charge < -0.3 is 18.9 Å². The fourth-order valence-electron chi connectivity index (χ4n) is 5.36. The summed E-state index contributed by atoms with van der Waals surface area (Å²) in [7, 11) is 4.96. The number of benzene rings is 1. The summed E-state index contributed by atoms with van der Waals surface area (Å²) in [6, 6.07) is 6.05. The summed E-state index contributed by atoms with van der Waals surface area (Å²) in [5.74, 6) is 7.54. The van der Waals surface area contributed by atoms with Crippen molar-refractivity contribution in [1.29, 1.82) is 0 Å². The molecule has 2 unspecified atom stereocenters. The van der Waals surface area contributed by atoms with Crippen molar-refractivity contribution in [3.8, 4) is 23.3 Å². The first-order valence-electron chi connectivity index (χ1n) is 11.0. The molecule has 1 aromatic carbocycles.